The van der Waals surface area contributed by atoms with Crippen LogP contribution in [-0.2, 0) is 10.0 Å². The summed E-state index contributed by atoms with van der Waals surface area (Å²) in [6.07, 6.45) is 0. The minimum Gasteiger partial charge on any atom is -0.497 e. The summed E-state index contributed by atoms with van der Waals surface area (Å²) < 4.78 is 32.1. The van der Waals surface area contributed by atoms with Gasteiger partial charge in [-0.05, 0) is 31.2 Å². The van der Waals surface area contributed by atoms with Crippen LogP contribution in [0.25, 0.3) is 0 Å². The Balaban J connectivity index is 1.72. The number of piperazine rings is 1. The summed E-state index contributed by atoms with van der Waals surface area (Å²) in [5.41, 5.74) is 0. The molecule has 1 aromatic carbocycles. The van der Waals surface area contributed by atoms with Crippen molar-refractivity contribution in [2.24, 2.45) is 0 Å². The molecule has 2 heterocycles. The van der Waals surface area contributed by atoms with E-state index in [1.807, 2.05) is 4.90 Å². The van der Waals surface area contributed by atoms with Crippen molar-refractivity contribution in [2.75, 3.05) is 38.2 Å². The van der Waals surface area contributed by atoms with E-state index >= 15 is 0 Å². The molecular weight excluding hydrogens is 364 g/mol. The molecule has 2 aromatic rings. The number of anilines is 1. The molecule has 134 valence electrons. The van der Waals surface area contributed by atoms with Gasteiger partial charge in [-0.15, -0.1) is 0 Å². The van der Waals surface area contributed by atoms with Crippen LogP contribution in [0.2, 0.25) is 5.15 Å². The monoisotopic (exact) mass is 382 g/mol. The Labute approximate surface area is 152 Å². The SMILES string of the molecule is COc1ccc(S(=O)(=O)N2CCN(c3cc(Cl)nc(C)n3)CC2)cc1. The van der Waals surface area contributed by atoms with E-state index in [2.05, 4.69) is 9.97 Å². The summed E-state index contributed by atoms with van der Waals surface area (Å²) in [7, 11) is -1.97. The van der Waals surface area contributed by atoms with Crippen LogP contribution in [0.1, 0.15) is 5.82 Å². The Hall–Kier alpha value is -1.90. The zero-order valence-corrected chi connectivity index (χ0v) is 15.6. The van der Waals surface area contributed by atoms with Crippen LogP contribution < -0.4 is 9.64 Å². The topological polar surface area (TPSA) is 75.6 Å². The van der Waals surface area contributed by atoms with E-state index in [-0.39, 0.29) is 4.90 Å². The molecule has 25 heavy (non-hydrogen) atoms. The number of hydrogen-bond donors (Lipinski definition) is 0. The molecular formula is C16H19ClN4O3S. The maximum atomic E-state index is 12.8. The third-order valence-electron chi connectivity index (χ3n) is 4.05. The Morgan fingerprint density at radius 2 is 1.72 bits per heavy atom. The van der Waals surface area contributed by atoms with E-state index in [1.165, 1.54) is 4.31 Å². The van der Waals surface area contributed by atoms with Gasteiger partial charge in [0.25, 0.3) is 0 Å². The highest BCUT2D eigenvalue weighted by Gasteiger charge is 2.29. The third-order valence-corrected chi connectivity index (χ3v) is 6.16. The maximum Gasteiger partial charge on any atom is 0.243 e. The van der Waals surface area contributed by atoms with Crippen molar-refractivity contribution < 1.29 is 13.2 Å². The van der Waals surface area contributed by atoms with Crippen molar-refractivity contribution in [1.29, 1.82) is 0 Å². The molecule has 0 aliphatic carbocycles. The van der Waals surface area contributed by atoms with Crippen molar-refractivity contribution in [3.63, 3.8) is 0 Å². The van der Waals surface area contributed by atoms with Crippen molar-refractivity contribution in [1.82, 2.24) is 14.3 Å². The molecule has 0 bridgehead atoms. The molecule has 0 N–H and O–H groups in total. The molecule has 1 fully saturated rings. The van der Waals surface area contributed by atoms with Gasteiger partial charge in [0.05, 0.1) is 12.0 Å². The molecule has 0 radical (unpaired) electrons. The normalized spacial score (nSPS) is 16.0. The van der Waals surface area contributed by atoms with Crippen molar-refractivity contribution in [3.8, 4) is 5.75 Å². The molecule has 7 nitrogen and oxygen atoms in total. The van der Waals surface area contributed by atoms with Gasteiger partial charge in [0.1, 0.15) is 22.5 Å². The molecule has 1 saturated heterocycles. The van der Waals surface area contributed by atoms with Gasteiger partial charge in [-0.3, -0.25) is 0 Å². The number of hydrogen-bond acceptors (Lipinski definition) is 6. The highest BCUT2D eigenvalue weighted by molar-refractivity contribution is 7.89. The number of nitrogens with zero attached hydrogens (tertiary/aromatic N) is 4. The smallest absolute Gasteiger partial charge is 0.243 e. The van der Waals surface area contributed by atoms with Gasteiger partial charge in [0, 0.05) is 32.2 Å². The van der Waals surface area contributed by atoms with Gasteiger partial charge >= 0.3 is 0 Å². The molecule has 0 amide bonds. The van der Waals surface area contributed by atoms with Crippen LogP contribution in [0.4, 0.5) is 5.82 Å². The van der Waals surface area contributed by atoms with Gasteiger partial charge in [0.2, 0.25) is 10.0 Å². The molecule has 0 saturated carbocycles. The summed E-state index contributed by atoms with van der Waals surface area (Å²) in [6, 6.07) is 8.12. The fraction of sp³-hybridized carbons (Fsp3) is 0.375. The van der Waals surface area contributed by atoms with Crippen LogP contribution in [0.3, 0.4) is 0 Å². The van der Waals surface area contributed by atoms with Gasteiger partial charge in [-0.1, -0.05) is 11.6 Å². The first kappa shape index (κ1) is 17.9. The standard InChI is InChI=1S/C16H19ClN4O3S/c1-12-18-15(17)11-16(19-12)20-7-9-21(10-8-20)25(22,23)14-5-3-13(24-2)4-6-14/h3-6,11H,7-10H2,1-2H3. The maximum absolute atomic E-state index is 12.8. The van der Waals surface area contributed by atoms with E-state index in [0.29, 0.717) is 42.9 Å². The van der Waals surface area contributed by atoms with Gasteiger partial charge < -0.3 is 9.64 Å². The summed E-state index contributed by atoms with van der Waals surface area (Å²) in [5.74, 6) is 1.94. The summed E-state index contributed by atoms with van der Waals surface area (Å²) in [5, 5.41) is 0.385. The van der Waals surface area contributed by atoms with Crippen LogP contribution in [-0.4, -0.2) is 56.0 Å². The molecule has 1 aromatic heterocycles. The number of aryl methyl sites for hydroxylation is 1. The number of aromatic nitrogens is 2. The molecule has 0 atom stereocenters. The van der Waals surface area contributed by atoms with Crippen molar-refractivity contribution in [2.45, 2.75) is 11.8 Å². The van der Waals surface area contributed by atoms with Crippen LogP contribution in [0, 0.1) is 6.92 Å². The number of benzene rings is 1. The molecule has 9 heteroatoms. The zero-order chi connectivity index (χ0) is 18.0. The molecule has 1 aliphatic heterocycles. The predicted octanol–water partition coefficient (Wildman–Crippen LogP) is 1.96. The minimum absolute atomic E-state index is 0.266. The number of halogens is 1. The highest BCUT2D eigenvalue weighted by atomic mass is 35.5. The highest BCUT2D eigenvalue weighted by Crippen LogP contribution is 2.23. The van der Waals surface area contributed by atoms with E-state index in [4.69, 9.17) is 16.3 Å². The first-order chi connectivity index (χ1) is 11.9. The van der Waals surface area contributed by atoms with E-state index in [0.717, 1.165) is 5.82 Å². The Morgan fingerprint density at radius 1 is 1.08 bits per heavy atom. The molecule has 1 aliphatic rings. The molecule has 3 rings (SSSR count). The minimum atomic E-state index is -3.52. The molecule has 0 spiro atoms. The Bertz CT molecular complexity index is 830. The van der Waals surface area contributed by atoms with Gasteiger partial charge in [0.15, 0.2) is 0 Å². The summed E-state index contributed by atoms with van der Waals surface area (Å²) in [4.78, 5) is 10.7. The van der Waals surface area contributed by atoms with E-state index < -0.39 is 10.0 Å². The largest absolute Gasteiger partial charge is 0.497 e. The van der Waals surface area contributed by atoms with Gasteiger partial charge in [-0.2, -0.15) is 4.31 Å². The average molecular weight is 383 g/mol. The quantitative estimate of drug-likeness (QED) is 0.752. The second-order valence-electron chi connectivity index (χ2n) is 5.66. The predicted molar refractivity (Wildman–Crippen MR) is 95.7 cm³/mol. The van der Waals surface area contributed by atoms with Crippen molar-refractivity contribution >= 4 is 27.4 Å². The lowest BCUT2D eigenvalue weighted by atomic mass is 10.3. The zero-order valence-electron chi connectivity index (χ0n) is 14.0. The average Bonchev–Trinajstić information content (AvgIpc) is 2.61. The number of methoxy groups -OCH3 is 1. The van der Waals surface area contributed by atoms with Gasteiger partial charge in [-0.25, -0.2) is 18.4 Å². The molecule has 0 unspecified atom stereocenters. The summed E-state index contributed by atoms with van der Waals surface area (Å²) >= 11 is 5.98. The summed E-state index contributed by atoms with van der Waals surface area (Å²) in [6.45, 7) is 3.63. The second kappa shape index (κ2) is 7.15. The third kappa shape index (κ3) is 3.86. The second-order valence-corrected chi connectivity index (χ2v) is 7.99. The van der Waals surface area contributed by atoms with Crippen LogP contribution >= 0.6 is 11.6 Å². The van der Waals surface area contributed by atoms with Crippen LogP contribution in [0.5, 0.6) is 5.75 Å². The van der Waals surface area contributed by atoms with Crippen LogP contribution in [0.15, 0.2) is 35.2 Å². The number of ether oxygens (including phenoxy) is 1. The first-order valence-corrected chi connectivity index (χ1v) is 9.62. The van der Waals surface area contributed by atoms with Crippen molar-refractivity contribution in [3.05, 3.63) is 41.3 Å². The lowest BCUT2D eigenvalue weighted by Crippen LogP contribution is -2.49. The number of rotatable bonds is 4. The fourth-order valence-corrected chi connectivity index (χ4v) is 4.37. The first-order valence-electron chi connectivity index (χ1n) is 7.80. The lowest BCUT2D eigenvalue weighted by molar-refractivity contribution is 0.383. The Kier molecular flexibility index (Phi) is 5.12. The number of sulfonamides is 1. The fourth-order valence-electron chi connectivity index (χ4n) is 2.73. The van der Waals surface area contributed by atoms with E-state index in [9.17, 15) is 8.42 Å². The lowest BCUT2D eigenvalue weighted by Gasteiger charge is -2.34. The Morgan fingerprint density at radius 3 is 2.28 bits per heavy atom. The van der Waals surface area contributed by atoms with E-state index in [1.54, 1.807) is 44.4 Å².